The highest BCUT2D eigenvalue weighted by Gasteiger charge is 2.15. The van der Waals surface area contributed by atoms with Crippen LogP contribution in [0.25, 0.3) is 11.0 Å². The molecule has 10 heteroatoms. The highest BCUT2D eigenvalue weighted by atomic mass is 32.2. The van der Waals surface area contributed by atoms with Crippen molar-refractivity contribution in [2.24, 2.45) is 0 Å². The molecule has 0 spiro atoms. The lowest BCUT2D eigenvalue weighted by molar-refractivity contribution is -0.116. The molecule has 2 N–H and O–H groups in total. The van der Waals surface area contributed by atoms with Crippen LogP contribution in [0.15, 0.2) is 71.3 Å². The van der Waals surface area contributed by atoms with Gasteiger partial charge in [0.2, 0.25) is 5.91 Å². The number of amides is 1. The zero-order valence-corrected chi connectivity index (χ0v) is 16.8. The minimum absolute atomic E-state index is 0.0931. The van der Waals surface area contributed by atoms with Crippen LogP contribution in [-0.4, -0.2) is 28.9 Å². The number of aryl methyl sites for hydroxylation is 1. The van der Waals surface area contributed by atoms with E-state index in [0.29, 0.717) is 17.4 Å². The molecule has 0 atom stereocenters. The highest BCUT2D eigenvalue weighted by molar-refractivity contribution is 7.93. The summed E-state index contributed by atoms with van der Waals surface area (Å²) in [7, 11) is -3.71. The Kier molecular flexibility index (Phi) is 5.28. The van der Waals surface area contributed by atoms with Crippen molar-refractivity contribution in [1.82, 2.24) is 14.5 Å². The summed E-state index contributed by atoms with van der Waals surface area (Å²) in [5.41, 5.74) is 2.39. The van der Waals surface area contributed by atoms with Gasteiger partial charge in [-0.1, -0.05) is 12.1 Å². The lowest BCUT2D eigenvalue weighted by Gasteiger charge is -2.08. The van der Waals surface area contributed by atoms with Crippen LogP contribution in [0.1, 0.15) is 6.42 Å². The quantitative estimate of drug-likeness (QED) is 0.471. The number of thiazole rings is 1. The fourth-order valence-corrected chi connectivity index (χ4v) is 4.59. The molecule has 2 heterocycles. The third-order valence-corrected chi connectivity index (χ3v) is 6.38. The monoisotopic (exact) mass is 427 g/mol. The molecule has 0 unspecified atom stereocenters. The molecule has 2 aromatic heterocycles. The minimum atomic E-state index is -3.71. The fourth-order valence-electron chi connectivity index (χ4n) is 2.80. The molecule has 0 bridgehead atoms. The van der Waals surface area contributed by atoms with Gasteiger partial charge in [-0.2, -0.15) is 0 Å². The number of benzene rings is 2. The maximum atomic E-state index is 12.3. The molecule has 0 aliphatic carbocycles. The largest absolute Gasteiger partial charge is 0.330 e. The number of carbonyl (C=O) groups is 1. The van der Waals surface area contributed by atoms with Gasteiger partial charge in [0.05, 0.1) is 22.3 Å². The Hall–Kier alpha value is -3.24. The number of fused-ring (bicyclic) bond motifs is 1. The summed E-state index contributed by atoms with van der Waals surface area (Å²) in [6.45, 7) is 0.497. The fraction of sp³-hybridized carbons (Fsp3) is 0.105. The molecule has 4 aromatic rings. The van der Waals surface area contributed by atoms with Crippen LogP contribution in [0, 0.1) is 0 Å². The topological polar surface area (TPSA) is 106 Å². The van der Waals surface area contributed by atoms with Crippen LogP contribution in [0.3, 0.4) is 0 Å². The zero-order chi connectivity index (χ0) is 20.3. The Bertz CT molecular complexity index is 1230. The number of anilines is 2. The van der Waals surface area contributed by atoms with Crippen LogP contribution in [0.2, 0.25) is 0 Å². The summed E-state index contributed by atoms with van der Waals surface area (Å²) < 4.78 is 29.0. The Morgan fingerprint density at radius 1 is 1.07 bits per heavy atom. The first-order chi connectivity index (χ1) is 14.0. The van der Waals surface area contributed by atoms with Crippen molar-refractivity contribution in [2.45, 2.75) is 17.9 Å². The number of para-hydroxylation sites is 2. The number of aromatic nitrogens is 3. The van der Waals surface area contributed by atoms with E-state index in [1.807, 2.05) is 28.8 Å². The lowest BCUT2D eigenvalue weighted by atomic mass is 10.3. The van der Waals surface area contributed by atoms with Crippen molar-refractivity contribution in [3.63, 3.8) is 0 Å². The first-order valence-electron chi connectivity index (χ1n) is 8.73. The van der Waals surface area contributed by atoms with Gasteiger partial charge in [0, 0.05) is 30.2 Å². The number of carbonyl (C=O) groups excluding carboxylic acids is 1. The van der Waals surface area contributed by atoms with E-state index in [0.717, 1.165) is 11.0 Å². The van der Waals surface area contributed by atoms with Gasteiger partial charge in [-0.15, -0.1) is 11.3 Å². The van der Waals surface area contributed by atoms with Gasteiger partial charge in [0.15, 0.2) is 5.13 Å². The van der Waals surface area contributed by atoms with E-state index in [1.165, 1.54) is 29.7 Å². The number of imidazole rings is 1. The first-order valence-corrected chi connectivity index (χ1v) is 11.1. The van der Waals surface area contributed by atoms with E-state index in [1.54, 1.807) is 23.8 Å². The molecule has 29 heavy (non-hydrogen) atoms. The molecule has 0 aliphatic rings. The molecule has 8 nitrogen and oxygen atoms in total. The summed E-state index contributed by atoms with van der Waals surface area (Å²) >= 11 is 1.20. The van der Waals surface area contributed by atoms with Crippen LogP contribution < -0.4 is 10.0 Å². The zero-order valence-electron chi connectivity index (χ0n) is 15.1. The molecule has 148 valence electrons. The smallest absolute Gasteiger partial charge is 0.263 e. The Balaban J connectivity index is 1.36. The highest BCUT2D eigenvalue weighted by Crippen LogP contribution is 2.20. The van der Waals surface area contributed by atoms with Gasteiger partial charge in [-0.05, 0) is 36.4 Å². The maximum absolute atomic E-state index is 12.3. The average Bonchev–Trinajstić information content (AvgIpc) is 3.36. The van der Waals surface area contributed by atoms with Crippen molar-refractivity contribution in [3.05, 3.63) is 66.4 Å². The number of nitrogens with one attached hydrogen (secondary N) is 2. The second-order valence-corrected chi connectivity index (χ2v) is 8.77. The standard InChI is InChI=1S/C19H17N5O3S2/c25-18(9-11-24-13-21-16-3-1-2-4-17(16)24)22-14-5-7-15(8-6-14)29(26,27)23-19-20-10-12-28-19/h1-8,10,12-13H,9,11H2,(H,20,23)(H,22,25). The van der Waals surface area contributed by atoms with Crippen molar-refractivity contribution in [2.75, 3.05) is 10.0 Å². The van der Waals surface area contributed by atoms with Gasteiger partial charge in [-0.3, -0.25) is 9.52 Å². The van der Waals surface area contributed by atoms with Crippen molar-refractivity contribution in [3.8, 4) is 0 Å². The van der Waals surface area contributed by atoms with E-state index in [9.17, 15) is 13.2 Å². The SMILES string of the molecule is O=C(CCn1cnc2ccccc21)Nc1ccc(S(=O)(=O)Nc2nccs2)cc1. The van der Waals surface area contributed by atoms with Crippen molar-refractivity contribution in [1.29, 1.82) is 0 Å². The number of sulfonamides is 1. The summed E-state index contributed by atoms with van der Waals surface area (Å²) in [6, 6.07) is 13.7. The molecule has 2 aromatic carbocycles. The van der Waals surface area contributed by atoms with Gasteiger partial charge in [0.25, 0.3) is 10.0 Å². The minimum Gasteiger partial charge on any atom is -0.330 e. The van der Waals surface area contributed by atoms with E-state index >= 15 is 0 Å². The van der Waals surface area contributed by atoms with Crippen LogP contribution in [0.5, 0.6) is 0 Å². The Morgan fingerprint density at radius 2 is 1.86 bits per heavy atom. The van der Waals surface area contributed by atoms with Gasteiger partial charge in [0.1, 0.15) is 0 Å². The molecular formula is C19H17N5O3S2. The van der Waals surface area contributed by atoms with E-state index in [-0.39, 0.29) is 17.2 Å². The summed E-state index contributed by atoms with van der Waals surface area (Å²) in [6.07, 6.45) is 3.51. The van der Waals surface area contributed by atoms with Crippen LogP contribution in [0.4, 0.5) is 10.8 Å². The number of hydrogen-bond acceptors (Lipinski definition) is 6. The Labute approximate surface area is 171 Å². The summed E-state index contributed by atoms with van der Waals surface area (Å²) in [5, 5.41) is 4.76. The summed E-state index contributed by atoms with van der Waals surface area (Å²) in [4.78, 5) is 20.6. The third kappa shape index (κ3) is 4.44. The van der Waals surface area contributed by atoms with Crippen molar-refractivity contribution >= 4 is 49.1 Å². The van der Waals surface area contributed by atoms with Gasteiger partial charge >= 0.3 is 0 Å². The summed E-state index contributed by atoms with van der Waals surface area (Å²) in [5.74, 6) is -0.167. The normalized spacial score (nSPS) is 11.4. The van der Waals surface area contributed by atoms with Crippen LogP contribution >= 0.6 is 11.3 Å². The Morgan fingerprint density at radius 3 is 2.62 bits per heavy atom. The van der Waals surface area contributed by atoms with Gasteiger partial charge < -0.3 is 9.88 Å². The maximum Gasteiger partial charge on any atom is 0.263 e. The lowest BCUT2D eigenvalue weighted by Crippen LogP contribution is -2.15. The van der Waals surface area contributed by atoms with E-state index in [2.05, 4.69) is 20.0 Å². The van der Waals surface area contributed by atoms with E-state index < -0.39 is 10.0 Å². The van der Waals surface area contributed by atoms with Gasteiger partial charge in [-0.25, -0.2) is 18.4 Å². The van der Waals surface area contributed by atoms with Crippen molar-refractivity contribution < 1.29 is 13.2 Å². The third-order valence-electron chi connectivity index (χ3n) is 4.21. The first kappa shape index (κ1) is 19.1. The molecule has 0 radical (unpaired) electrons. The number of hydrogen-bond donors (Lipinski definition) is 2. The molecule has 0 saturated heterocycles. The predicted octanol–water partition coefficient (Wildman–Crippen LogP) is 3.32. The number of nitrogens with zero attached hydrogens (tertiary/aromatic N) is 3. The van der Waals surface area contributed by atoms with E-state index in [4.69, 9.17) is 0 Å². The molecule has 4 rings (SSSR count). The molecule has 0 aliphatic heterocycles. The predicted molar refractivity (Wildman–Crippen MR) is 112 cm³/mol. The second kappa shape index (κ2) is 8.02. The number of rotatable bonds is 7. The molecule has 1 amide bonds. The average molecular weight is 428 g/mol. The van der Waals surface area contributed by atoms with Crippen LogP contribution in [-0.2, 0) is 21.4 Å². The molecule has 0 saturated carbocycles. The molecular weight excluding hydrogens is 410 g/mol. The molecule has 0 fully saturated rings. The second-order valence-electron chi connectivity index (χ2n) is 6.19.